The van der Waals surface area contributed by atoms with E-state index in [-0.39, 0.29) is 0 Å². The van der Waals surface area contributed by atoms with E-state index < -0.39 is 5.41 Å². The Bertz CT molecular complexity index is 4740. The number of rotatable bonds is 6. The van der Waals surface area contributed by atoms with Crippen molar-refractivity contribution in [2.75, 3.05) is 0 Å². The summed E-state index contributed by atoms with van der Waals surface area (Å²) >= 11 is 0. The molecule has 0 fully saturated rings. The SMILES string of the molecule is Cc1ccccc1-c1c(C)cccc1-c1nc(-c2ccc3oc4ccccc4c3c2)nc(-c2cccc3oc4ccc(-c5cccc(-c6ccc7c(c6)C6(c8ccccc8-c8ccccc86)c6ccccc6-7)c5)cc4c23)n1. The number of para-hydroxylation sites is 1. The second-order valence-corrected chi connectivity index (χ2v) is 20.6. The molecule has 2 aliphatic rings. The van der Waals surface area contributed by atoms with Gasteiger partial charge in [-0.05, 0) is 157 Å². The van der Waals surface area contributed by atoms with Gasteiger partial charge in [-0.15, -0.1) is 0 Å². The fourth-order valence-corrected chi connectivity index (χ4v) is 13.0. The van der Waals surface area contributed by atoms with Crippen LogP contribution in [0.25, 0.3) is 134 Å². The molecule has 0 N–H and O–H groups in total. The molecule has 0 bridgehead atoms. The Labute approximate surface area is 444 Å². The number of hydrogen-bond acceptors (Lipinski definition) is 5. The average molecular weight is 984 g/mol. The van der Waals surface area contributed by atoms with Crippen molar-refractivity contribution in [3.05, 3.63) is 270 Å². The maximum Gasteiger partial charge on any atom is 0.164 e. The van der Waals surface area contributed by atoms with Crippen LogP contribution in [0, 0.1) is 13.8 Å². The van der Waals surface area contributed by atoms with E-state index in [9.17, 15) is 0 Å². The Hall–Kier alpha value is -9.97. The van der Waals surface area contributed by atoms with Gasteiger partial charge in [0.15, 0.2) is 17.5 Å². The summed E-state index contributed by atoms with van der Waals surface area (Å²) in [5, 5.41) is 3.99. The quantitative estimate of drug-likeness (QED) is 0.166. The van der Waals surface area contributed by atoms with Gasteiger partial charge in [-0.1, -0.05) is 182 Å². The summed E-state index contributed by atoms with van der Waals surface area (Å²) in [5.74, 6) is 1.72. The highest BCUT2D eigenvalue weighted by molar-refractivity contribution is 6.13. The Kier molecular flexibility index (Phi) is 9.32. The van der Waals surface area contributed by atoms with Crippen LogP contribution in [0.3, 0.4) is 0 Å². The van der Waals surface area contributed by atoms with Crippen molar-refractivity contribution in [2.45, 2.75) is 19.3 Å². The molecular weight excluding hydrogens is 939 g/mol. The smallest absolute Gasteiger partial charge is 0.164 e. The topological polar surface area (TPSA) is 65.0 Å². The molecule has 0 aliphatic heterocycles. The van der Waals surface area contributed by atoms with Crippen molar-refractivity contribution in [3.8, 4) is 89.8 Å². The van der Waals surface area contributed by atoms with Crippen molar-refractivity contribution in [2.24, 2.45) is 0 Å². The molecule has 11 aromatic carbocycles. The van der Waals surface area contributed by atoms with Gasteiger partial charge in [0.05, 0.1) is 5.41 Å². The van der Waals surface area contributed by atoms with Crippen molar-refractivity contribution in [1.82, 2.24) is 15.0 Å². The number of hydrogen-bond donors (Lipinski definition) is 0. The fourth-order valence-electron chi connectivity index (χ4n) is 13.0. The van der Waals surface area contributed by atoms with Crippen molar-refractivity contribution in [3.63, 3.8) is 0 Å². The number of furan rings is 2. The van der Waals surface area contributed by atoms with Crippen LogP contribution in [-0.2, 0) is 5.41 Å². The predicted octanol–water partition coefficient (Wildman–Crippen LogP) is 18.6. The van der Waals surface area contributed by atoms with Gasteiger partial charge in [0.2, 0.25) is 0 Å². The molecule has 3 heterocycles. The number of benzene rings is 11. The molecule has 77 heavy (non-hydrogen) atoms. The summed E-state index contributed by atoms with van der Waals surface area (Å²) in [6.07, 6.45) is 0. The van der Waals surface area contributed by atoms with E-state index in [4.69, 9.17) is 23.8 Å². The lowest BCUT2D eigenvalue weighted by atomic mass is 9.70. The molecule has 2 aliphatic carbocycles. The standard InChI is InChI=1S/C72H45N3O2/c1-42-16-3-4-20-49(42)67-43(2)17-13-25-55(67)70-73-69(48-34-37-64-57(40-48)54-24-8-12-30-63(54)76-64)74-71(75-70)56-26-15-31-66-68(56)58-39-46(33-36-65(58)77-66)44-18-14-19-45(38-44)47-32-35-53-52-23-7-11-29-61(52)72(62(53)41-47)59-27-9-5-21-50(59)51-22-6-10-28-60(51)72/h3-41H,1-2H3. The molecule has 5 heteroatoms. The molecule has 3 aromatic heterocycles. The molecular formula is C72H45N3O2. The van der Waals surface area contributed by atoms with Crippen LogP contribution >= 0.6 is 0 Å². The average Bonchev–Trinajstić information content (AvgIpc) is 4.33. The van der Waals surface area contributed by atoms with Crippen molar-refractivity contribution >= 4 is 43.9 Å². The second-order valence-electron chi connectivity index (χ2n) is 20.6. The molecule has 0 unspecified atom stereocenters. The first kappa shape index (κ1) is 43.4. The Morgan fingerprint density at radius 1 is 0.286 bits per heavy atom. The minimum Gasteiger partial charge on any atom is -0.456 e. The van der Waals surface area contributed by atoms with Gasteiger partial charge < -0.3 is 8.83 Å². The van der Waals surface area contributed by atoms with Crippen LogP contribution in [0.4, 0.5) is 0 Å². The highest BCUT2D eigenvalue weighted by Crippen LogP contribution is 2.63. The maximum absolute atomic E-state index is 6.70. The minimum absolute atomic E-state index is 0.413. The molecule has 360 valence electrons. The summed E-state index contributed by atoms with van der Waals surface area (Å²) in [5.41, 5.74) is 25.1. The first-order valence-electron chi connectivity index (χ1n) is 26.3. The van der Waals surface area contributed by atoms with Crippen LogP contribution in [0.1, 0.15) is 33.4 Å². The zero-order chi connectivity index (χ0) is 50.9. The van der Waals surface area contributed by atoms with Gasteiger partial charge in [0.25, 0.3) is 0 Å². The third kappa shape index (κ3) is 6.38. The lowest BCUT2D eigenvalue weighted by Crippen LogP contribution is -2.25. The number of fused-ring (bicyclic) bond motifs is 16. The highest BCUT2D eigenvalue weighted by atomic mass is 16.3. The summed E-state index contributed by atoms with van der Waals surface area (Å²) < 4.78 is 13.0. The van der Waals surface area contributed by atoms with Crippen LogP contribution in [0.15, 0.2) is 245 Å². The highest BCUT2D eigenvalue weighted by Gasteiger charge is 2.51. The van der Waals surface area contributed by atoms with Gasteiger partial charge in [-0.2, -0.15) is 0 Å². The van der Waals surface area contributed by atoms with E-state index in [0.29, 0.717) is 17.5 Å². The van der Waals surface area contributed by atoms with Crippen LogP contribution in [0.2, 0.25) is 0 Å². The molecule has 0 radical (unpaired) electrons. The molecule has 0 amide bonds. The molecule has 16 rings (SSSR count). The van der Waals surface area contributed by atoms with E-state index in [1.54, 1.807) is 0 Å². The first-order valence-corrected chi connectivity index (χ1v) is 26.3. The van der Waals surface area contributed by atoms with Gasteiger partial charge in [0.1, 0.15) is 22.3 Å². The Morgan fingerprint density at radius 2 is 0.753 bits per heavy atom. The van der Waals surface area contributed by atoms with E-state index in [2.05, 4.69) is 208 Å². The molecule has 1 spiro atoms. The lowest BCUT2D eigenvalue weighted by molar-refractivity contribution is 0.668. The van der Waals surface area contributed by atoms with Gasteiger partial charge in [0, 0.05) is 38.2 Å². The molecule has 0 atom stereocenters. The minimum atomic E-state index is -0.413. The lowest BCUT2D eigenvalue weighted by Gasteiger charge is -2.30. The molecule has 5 nitrogen and oxygen atoms in total. The third-order valence-corrected chi connectivity index (χ3v) is 16.5. The monoisotopic (exact) mass is 983 g/mol. The van der Waals surface area contributed by atoms with Crippen molar-refractivity contribution < 1.29 is 8.83 Å². The second kappa shape index (κ2) is 16.5. The van der Waals surface area contributed by atoms with E-state index in [0.717, 1.165) is 93.9 Å². The predicted molar refractivity (Wildman–Crippen MR) is 313 cm³/mol. The zero-order valence-corrected chi connectivity index (χ0v) is 42.2. The van der Waals surface area contributed by atoms with Crippen molar-refractivity contribution in [1.29, 1.82) is 0 Å². The molecule has 14 aromatic rings. The van der Waals surface area contributed by atoms with Gasteiger partial charge in [-0.3, -0.25) is 0 Å². The number of aryl methyl sites for hydroxylation is 2. The summed E-state index contributed by atoms with van der Waals surface area (Å²) in [6.45, 7) is 4.32. The maximum atomic E-state index is 6.70. The summed E-state index contributed by atoms with van der Waals surface area (Å²) in [6, 6.07) is 85.0. The molecule has 0 saturated heterocycles. The van der Waals surface area contributed by atoms with E-state index in [1.807, 2.05) is 42.5 Å². The van der Waals surface area contributed by atoms with E-state index >= 15 is 0 Å². The van der Waals surface area contributed by atoms with Gasteiger partial charge >= 0.3 is 0 Å². The van der Waals surface area contributed by atoms with Crippen LogP contribution in [-0.4, -0.2) is 15.0 Å². The number of nitrogens with zero attached hydrogens (tertiary/aromatic N) is 3. The first-order chi connectivity index (χ1) is 38.0. The fraction of sp³-hybridized carbons (Fsp3) is 0.0417. The Balaban J connectivity index is 0.850. The molecule has 0 saturated carbocycles. The normalized spacial score (nSPS) is 12.9. The Morgan fingerprint density at radius 3 is 1.49 bits per heavy atom. The third-order valence-electron chi connectivity index (χ3n) is 16.5. The van der Waals surface area contributed by atoms with Crippen LogP contribution < -0.4 is 0 Å². The van der Waals surface area contributed by atoms with Crippen LogP contribution in [0.5, 0.6) is 0 Å². The largest absolute Gasteiger partial charge is 0.456 e. The van der Waals surface area contributed by atoms with E-state index in [1.165, 1.54) is 55.6 Å². The summed E-state index contributed by atoms with van der Waals surface area (Å²) in [7, 11) is 0. The summed E-state index contributed by atoms with van der Waals surface area (Å²) in [4.78, 5) is 16.1. The van der Waals surface area contributed by atoms with Gasteiger partial charge in [-0.25, -0.2) is 15.0 Å². The number of aromatic nitrogens is 3. The zero-order valence-electron chi connectivity index (χ0n) is 42.2.